The molecule has 1 fully saturated rings. The molecule has 0 aliphatic carbocycles. The Labute approximate surface area is 166 Å². The number of carbonyl (C=O) groups is 2. The van der Waals surface area contributed by atoms with Gasteiger partial charge >= 0.3 is 0 Å². The Hall–Kier alpha value is -2.73. The van der Waals surface area contributed by atoms with Crippen LogP contribution >= 0.6 is 0 Å². The smallest absolute Gasteiger partial charge is 0.272 e. The number of nitrogens with zero attached hydrogens (tertiary/aromatic N) is 3. The quantitative estimate of drug-likeness (QED) is 0.866. The first kappa shape index (κ1) is 20.0. The largest absolute Gasteiger partial charge is 0.335 e. The minimum atomic E-state index is -0.226. The van der Waals surface area contributed by atoms with Crippen LogP contribution in [0.4, 0.5) is 5.69 Å². The lowest BCUT2D eigenvalue weighted by Gasteiger charge is -2.33. The van der Waals surface area contributed by atoms with Gasteiger partial charge in [-0.3, -0.25) is 14.6 Å². The summed E-state index contributed by atoms with van der Waals surface area (Å²) in [5.74, 6) is -0.341. The fourth-order valence-electron chi connectivity index (χ4n) is 3.51. The van der Waals surface area contributed by atoms with Crippen LogP contribution in [0.5, 0.6) is 0 Å². The zero-order valence-corrected chi connectivity index (χ0v) is 16.9. The summed E-state index contributed by atoms with van der Waals surface area (Å²) in [5, 5.41) is 3.01. The number of nitrogens with one attached hydrogen (secondary N) is 1. The standard InChI is InChI=1S/C22H28N4O2/c1-4-17-8-6-7-16(3)20(17)24-21(27)18-9-10-23-19(15-18)22(28)26-13-11-25(5-2)12-14-26/h6-10,15H,4-5,11-14H2,1-3H3,(H,24,27). The Morgan fingerprint density at radius 2 is 1.86 bits per heavy atom. The third kappa shape index (κ3) is 4.39. The van der Waals surface area contributed by atoms with Gasteiger partial charge < -0.3 is 15.1 Å². The number of benzene rings is 1. The van der Waals surface area contributed by atoms with Crippen molar-refractivity contribution in [1.82, 2.24) is 14.8 Å². The molecule has 1 aromatic carbocycles. The molecule has 28 heavy (non-hydrogen) atoms. The van der Waals surface area contributed by atoms with E-state index in [0.29, 0.717) is 24.3 Å². The van der Waals surface area contributed by atoms with E-state index in [9.17, 15) is 9.59 Å². The molecule has 0 bridgehead atoms. The van der Waals surface area contributed by atoms with Crippen molar-refractivity contribution in [2.45, 2.75) is 27.2 Å². The van der Waals surface area contributed by atoms with Crippen LogP contribution in [0.2, 0.25) is 0 Å². The van der Waals surface area contributed by atoms with Gasteiger partial charge in [0.15, 0.2) is 0 Å². The molecule has 0 atom stereocenters. The first-order valence-corrected chi connectivity index (χ1v) is 9.91. The molecule has 3 rings (SSSR count). The number of amides is 2. The van der Waals surface area contributed by atoms with Crippen LogP contribution in [0.1, 0.15) is 45.8 Å². The molecular weight excluding hydrogens is 352 g/mol. The zero-order valence-electron chi connectivity index (χ0n) is 16.9. The minimum Gasteiger partial charge on any atom is -0.335 e. The lowest BCUT2D eigenvalue weighted by molar-refractivity contribution is 0.0637. The maximum absolute atomic E-state index is 12.8. The summed E-state index contributed by atoms with van der Waals surface area (Å²) in [5.41, 5.74) is 3.71. The molecule has 2 amide bonds. The van der Waals surface area contributed by atoms with E-state index in [1.165, 1.54) is 6.20 Å². The number of hydrogen-bond acceptors (Lipinski definition) is 4. The maximum Gasteiger partial charge on any atom is 0.272 e. The average Bonchev–Trinajstić information content (AvgIpc) is 2.74. The molecule has 1 aliphatic rings. The monoisotopic (exact) mass is 380 g/mol. The molecule has 0 saturated carbocycles. The van der Waals surface area contributed by atoms with Crippen LogP contribution in [0.3, 0.4) is 0 Å². The van der Waals surface area contributed by atoms with E-state index in [2.05, 4.69) is 29.0 Å². The van der Waals surface area contributed by atoms with E-state index in [4.69, 9.17) is 0 Å². The van der Waals surface area contributed by atoms with Gasteiger partial charge in [0, 0.05) is 43.6 Å². The molecule has 0 unspecified atom stereocenters. The van der Waals surface area contributed by atoms with Crippen LogP contribution < -0.4 is 5.32 Å². The summed E-state index contributed by atoms with van der Waals surface area (Å²) >= 11 is 0. The van der Waals surface area contributed by atoms with E-state index in [-0.39, 0.29) is 11.8 Å². The summed E-state index contributed by atoms with van der Waals surface area (Å²) in [6.07, 6.45) is 2.37. The van der Waals surface area contributed by atoms with Crippen LogP contribution in [0, 0.1) is 6.92 Å². The number of hydrogen-bond donors (Lipinski definition) is 1. The Morgan fingerprint density at radius 1 is 1.11 bits per heavy atom. The van der Waals surface area contributed by atoms with Crippen molar-refractivity contribution >= 4 is 17.5 Å². The van der Waals surface area contributed by atoms with Gasteiger partial charge in [-0.25, -0.2) is 0 Å². The van der Waals surface area contributed by atoms with Gasteiger partial charge in [0.25, 0.3) is 11.8 Å². The fraction of sp³-hybridized carbons (Fsp3) is 0.409. The van der Waals surface area contributed by atoms with Gasteiger partial charge in [0.1, 0.15) is 5.69 Å². The molecule has 1 saturated heterocycles. The van der Waals surface area contributed by atoms with E-state index in [1.807, 2.05) is 30.0 Å². The topological polar surface area (TPSA) is 65.5 Å². The number of likely N-dealkylation sites (N-methyl/N-ethyl adjacent to an activating group) is 1. The highest BCUT2D eigenvalue weighted by molar-refractivity contribution is 6.06. The van der Waals surface area contributed by atoms with Gasteiger partial charge in [-0.1, -0.05) is 32.0 Å². The predicted molar refractivity (Wildman–Crippen MR) is 111 cm³/mol. The van der Waals surface area contributed by atoms with E-state index < -0.39 is 0 Å². The highest BCUT2D eigenvalue weighted by Gasteiger charge is 2.23. The molecule has 2 aromatic rings. The van der Waals surface area contributed by atoms with Crippen LogP contribution in [-0.2, 0) is 6.42 Å². The number of aromatic nitrogens is 1. The van der Waals surface area contributed by atoms with Crippen LogP contribution in [0.15, 0.2) is 36.5 Å². The molecule has 0 radical (unpaired) electrons. The normalized spacial score (nSPS) is 14.8. The lowest BCUT2D eigenvalue weighted by Crippen LogP contribution is -2.48. The Bertz CT molecular complexity index is 857. The fourth-order valence-corrected chi connectivity index (χ4v) is 3.51. The SMILES string of the molecule is CCc1cccc(C)c1NC(=O)c1ccnc(C(=O)N2CCN(CC)CC2)c1. The third-order valence-corrected chi connectivity index (χ3v) is 5.33. The third-order valence-electron chi connectivity index (χ3n) is 5.33. The Morgan fingerprint density at radius 3 is 2.54 bits per heavy atom. The molecule has 6 nitrogen and oxygen atoms in total. The highest BCUT2D eigenvalue weighted by atomic mass is 16.2. The molecule has 1 aromatic heterocycles. The van der Waals surface area contributed by atoms with Gasteiger partial charge in [-0.05, 0) is 43.1 Å². The number of rotatable bonds is 5. The molecule has 1 aliphatic heterocycles. The maximum atomic E-state index is 12.8. The van der Waals surface area contributed by atoms with Crippen molar-refractivity contribution in [3.05, 3.63) is 58.9 Å². The molecule has 2 heterocycles. The Kier molecular flexibility index (Phi) is 6.41. The van der Waals surface area contributed by atoms with Crippen molar-refractivity contribution in [2.75, 3.05) is 38.0 Å². The number of aryl methyl sites for hydroxylation is 2. The van der Waals surface area contributed by atoms with Crippen molar-refractivity contribution in [3.63, 3.8) is 0 Å². The van der Waals surface area contributed by atoms with Gasteiger partial charge in [0.05, 0.1) is 0 Å². The van der Waals surface area contributed by atoms with Gasteiger partial charge in [-0.2, -0.15) is 0 Å². The molecule has 148 valence electrons. The summed E-state index contributed by atoms with van der Waals surface area (Å²) < 4.78 is 0. The van der Waals surface area contributed by atoms with Crippen molar-refractivity contribution in [3.8, 4) is 0 Å². The second-order valence-corrected chi connectivity index (χ2v) is 7.07. The van der Waals surface area contributed by atoms with Gasteiger partial charge in [0.2, 0.25) is 0 Å². The number of anilines is 1. The van der Waals surface area contributed by atoms with Gasteiger partial charge in [-0.15, -0.1) is 0 Å². The molecule has 6 heteroatoms. The van der Waals surface area contributed by atoms with E-state index in [1.54, 1.807) is 12.1 Å². The molecular formula is C22H28N4O2. The second kappa shape index (κ2) is 8.97. The summed E-state index contributed by atoms with van der Waals surface area (Å²) in [6.45, 7) is 10.3. The average molecular weight is 380 g/mol. The Balaban J connectivity index is 1.74. The number of carbonyl (C=O) groups excluding carboxylic acids is 2. The number of piperazine rings is 1. The minimum absolute atomic E-state index is 0.115. The van der Waals surface area contributed by atoms with Crippen molar-refractivity contribution in [2.24, 2.45) is 0 Å². The summed E-state index contributed by atoms with van der Waals surface area (Å²) in [7, 11) is 0. The van der Waals surface area contributed by atoms with Crippen molar-refractivity contribution < 1.29 is 9.59 Å². The van der Waals surface area contributed by atoms with Crippen LogP contribution in [0.25, 0.3) is 0 Å². The van der Waals surface area contributed by atoms with Crippen LogP contribution in [-0.4, -0.2) is 59.3 Å². The predicted octanol–water partition coefficient (Wildman–Crippen LogP) is 2.98. The van der Waals surface area contributed by atoms with Crippen molar-refractivity contribution in [1.29, 1.82) is 0 Å². The first-order chi connectivity index (χ1) is 13.5. The number of para-hydroxylation sites is 1. The summed E-state index contributed by atoms with van der Waals surface area (Å²) in [6, 6.07) is 9.22. The van der Waals surface area contributed by atoms with E-state index >= 15 is 0 Å². The molecule has 1 N–H and O–H groups in total. The highest BCUT2D eigenvalue weighted by Crippen LogP contribution is 2.22. The summed E-state index contributed by atoms with van der Waals surface area (Å²) in [4.78, 5) is 33.9. The van der Waals surface area contributed by atoms with E-state index in [0.717, 1.165) is 42.9 Å². The second-order valence-electron chi connectivity index (χ2n) is 7.07. The zero-order chi connectivity index (χ0) is 20.1. The molecule has 0 spiro atoms. The number of pyridine rings is 1. The lowest BCUT2D eigenvalue weighted by atomic mass is 10.1. The first-order valence-electron chi connectivity index (χ1n) is 9.91.